The van der Waals surface area contributed by atoms with Crippen molar-refractivity contribution in [1.29, 1.82) is 0 Å². The van der Waals surface area contributed by atoms with Crippen molar-refractivity contribution >= 4 is 35.0 Å². The fourth-order valence-corrected chi connectivity index (χ4v) is 3.96. The zero-order valence-electron chi connectivity index (χ0n) is 18.6. The van der Waals surface area contributed by atoms with Crippen LogP contribution in [0.4, 0.5) is 0 Å². The number of aromatic nitrogens is 3. The molecule has 0 fully saturated rings. The van der Waals surface area contributed by atoms with Crippen LogP contribution in [0.15, 0.2) is 81.6 Å². The summed E-state index contributed by atoms with van der Waals surface area (Å²) in [4.78, 5) is 12.4. The lowest BCUT2D eigenvalue weighted by Crippen LogP contribution is -2.21. The smallest absolute Gasteiger partial charge is 0.250 e. The second-order valence-electron chi connectivity index (χ2n) is 7.07. The third-order valence-electron chi connectivity index (χ3n) is 4.70. The van der Waals surface area contributed by atoms with Gasteiger partial charge in [-0.25, -0.2) is 5.43 Å². The minimum absolute atomic E-state index is 0.102. The van der Waals surface area contributed by atoms with Crippen LogP contribution in [0.3, 0.4) is 0 Å². The number of hydrogen-bond acceptors (Lipinski definition) is 7. The molecule has 0 spiro atoms. The van der Waals surface area contributed by atoms with E-state index in [0.29, 0.717) is 34.1 Å². The number of furan rings is 1. The van der Waals surface area contributed by atoms with E-state index in [1.54, 1.807) is 37.5 Å². The van der Waals surface area contributed by atoms with Crippen molar-refractivity contribution in [3.63, 3.8) is 0 Å². The van der Waals surface area contributed by atoms with Gasteiger partial charge in [0.05, 0.1) is 18.6 Å². The Balaban J connectivity index is 1.56. The van der Waals surface area contributed by atoms with Crippen molar-refractivity contribution in [2.45, 2.75) is 19.0 Å². The van der Waals surface area contributed by atoms with Gasteiger partial charge in [0.15, 0.2) is 11.0 Å². The van der Waals surface area contributed by atoms with Crippen LogP contribution in [0.5, 0.6) is 5.75 Å². The normalized spacial score (nSPS) is 11.4. The molecular formula is C24H22ClN5O3S. The molecule has 0 aliphatic rings. The predicted octanol–water partition coefficient (Wildman–Crippen LogP) is 5.21. The first kappa shape index (κ1) is 23.6. The van der Waals surface area contributed by atoms with Gasteiger partial charge in [-0.05, 0) is 74.5 Å². The zero-order chi connectivity index (χ0) is 23.9. The number of nitrogens with zero attached hydrogens (tertiary/aromatic N) is 4. The molecule has 1 N–H and O–H groups in total. The number of rotatable bonds is 9. The van der Waals surface area contributed by atoms with Gasteiger partial charge in [0, 0.05) is 16.3 Å². The van der Waals surface area contributed by atoms with E-state index < -0.39 is 0 Å². The highest BCUT2D eigenvalue weighted by Crippen LogP contribution is 2.29. The fraction of sp³-hybridized carbons (Fsp3) is 0.167. The number of hydrogen-bond donors (Lipinski definition) is 1. The number of amides is 1. The summed E-state index contributed by atoms with van der Waals surface area (Å²) in [6.45, 7) is 4.28. The van der Waals surface area contributed by atoms with E-state index in [-0.39, 0.29) is 11.7 Å². The first-order valence-corrected chi connectivity index (χ1v) is 11.9. The average Bonchev–Trinajstić information content (AvgIpc) is 3.53. The average molecular weight is 496 g/mol. The highest BCUT2D eigenvalue weighted by atomic mass is 35.5. The third-order valence-corrected chi connectivity index (χ3v) is 5.88. The van der Waals surface area contributed by atoms with Gasteiger partial charge >= 0.3 is 0 Å². The van der Waals surface area contributed by atoms with Crippen molar-refractivity contribution in [1.82, 2.24) is 20.2 Å². The maximum absolute atomic E-state index is 12.4. The number of carbonyl (C=O) groups is 1. The maximum Gasteiger partial charge on any atom is 0.250 e. The Morgan fingerprint density at radius 3 is 2.59 bits per heavy atom. The molecule has 174 valence electrons. The van der Waals surface area contributed by atoms with E-state index in [4.69, 9.17) is 20.8 Å². The Morgan fingerprint density at radius 2 is 1.91 bits per heavy atom. The summed E-state index contributed by atoms with van der Waals surface area (Å²) in [6.07, 6.45) is 1.55. The fourth-order valence-electron chi connectivity index (χ4n) is 3.09. The SMILES string of the molecule is CCOc1ccc(-n2c(SCC(=O)N/N=C(\C)c3ccco3)nnc2-c2ccc(Cl)cc2)cc1. The van der Waals surface area contributed by atoms with Gasteiger partial charge in [-0.1, -0.05) is 23.4 Å². The molecule has 2 heterocycles. The van der Waals surface area contributed by atoms with Crippen molar-refractivity contribution in [2.24, 2.45) is 5.10 Å². The molecule has 0 atom stereocenters. The van der Waals surface area contributed by atoms with E-state index in [1.807, 2.05) is 47.9 Å². The molecule has 4 rings (SSSR count). The predicted molar refractivity (Wildman–Crippen MR) is 133 cm³/mol. The largest absolute Gasteiger partial charge is 0.494 e. The number of nitrogens with one attached hydrogen (secondary N) is 1. The minimum Gasteiger partial charge on any atom is -0.494 e. The lowest BCUT2D eigenvalue weighted by Gasteiger charge is -2.11. The lowest BCUT2D eigenvalue weighted by molar-refractivity contribution is -0.118. The number of carbonyl (C=O) groups excluding carboxylic acids is 1. The van der Waals surface area contributed by atoms with Crippen molar-refractivity contribution in [3.8, 4) is 22.8 Å². The van der Waals surface area contributed by atoms with Crippen LogP contribution in [0.2, 0.25) is 5.02 Å². The van der Waals surface area contributed by atoms with Crippen LogP contribution in [0, 0.1) is 0 Å². The molecule has 0 saturated heterocycles. The van der Waals surface area contributed by atoms with Crippen LogP contribution in [0.25, 0.3) is 17.1 Å². The Hall–Kier alpha value is -3.56. The Bertz CT molecular complexity index is 1270. The van der Waals surface area contributed by atoms with Crippen molar-refractivity contribution in [2.75, 3.05) is 12.4 Å². The van der Waals surface area contributed by atoms with Crippen molar-refractivity contribution < 1.29 is 13.9 Å². The van der Waals surface area contributed by atoms with E-state index in [9.17, 15) is 4.79 Å². The van der Waals surface area contributed by atoms with Gasteiger partial charge < -0.3 is 9.15 Å². The van der Waals surface area contributed by atoms with Crippen LogP contribution in [-0.4, -0.2) is 38.7 Å². The molecule has 8 nitrogen and oxygen atoms in total. The van der Waals surface area contributed by atoms with Gasteiger partial charge in [-0.2, -0.15) is 5.10 Å². The van der Waals surface area contributed by atoms with E-state index in [1.165, 1.54) is 11.8 Å². The standard InChI is InChI=1S/C24H22ClN5O3S/c1-3-32-20-12-10-19(11-13-20)30-23(17-6-8-18(25)9-7-17)28-29-24(30)34-15-22(31)27-26-16(2)21-5-4-14-33-21/h4-14H,3,15H2,1-2H3,(H,27,31)/b26-16+. The molecule has 0 saturated carbocycles. The molecule has 0 bridgehead atoms. The molecule has 10 heteroatoms. The maximum atomic E-state index is 12.4. The van der Waals surface area contributed by atoms with Gasteiger partial charge in [0.1, 0.15) is 17.2 Å². The molecule has 0 aliphatic carbocycles. The Kier molecular flexibility index (Phi) is 7.66. The summed E-state index contributed by atoms with van der Waals surface area (Å²) in [7, 11) is 0. The monoisotopic (exact) mass is 495 g/mol. The molecule has 0 aliphatic heterocycles. The second kappa shape index (κ2) is 11.0. The van der Waals surface area contributed by atoms with E-state index in [0.717, 1.165) is 17.0 Å². The molecule has 0 unspecified atom stereocenters. The summed E-state index contributed by atoms with van der Waals surface area (Å²) in [5.74, 6) is 1.83. The topological polar surface area (TPSA) is 94.5 Å². The molecule has 2 aromatic carbocycles. The molecule has 1 amide bonds. The zero-order valence-corrected chi connectivity index (χ0v) is 20.1. The summed E-state index contributed by atoms with van der Waals surface area (Å²) in [5, 5.41) is 14.0. The Labute approximate surface area is 206 Å². The lowest BCUT2D eigenvalue weighted by atomic mass is 10.2. The molecule has 2 aromatic heterocycles. The minimum atomic E-state index is -0.273. The molecule has 34 heavy (non-hydrogen) atoms. The second-order valence-corrected chi connectivity index (χ2v) is 8.45. The summed E-state index contributed by atoms with van der Waals surface area (Å²) < 4.78 is 12.7. The van der Waals surface area contributed by atoms with Crippen LogP contribution >= 0.6 is 23.4 Å². The number of halogens is 1. The van der Waals surface area contributed by atoms with Gasteiger partial charge in [-0.3, -0.25) is 9.36 Å². The van der Waals surface area contributed by atoms with E-state index in [2.05, 4.69) is 20.7 Å². The highest BCUT2D eigenvalue weighted by molar-refractivity contribution is 7.99. The summed E-state index contributed by atoms with van der Waals surface area (Å²) >= 11 is 7.32. The first-order valence-electron chi connectivity index (χ1n) is 10.5. The van der Waals surface area contributed by atoms with Gasteiger partial charge in [0.25, 0.3) is 5.91 Å². The van der Waals surface area contributed by atoms with Crippen LogP contribution < -0.4 is 10.2 Å². The molecular weight excluding hydrogens is 474 g/mol. The number of thioether (sulfide) groups is 1. The van der Waals surface area contributed by atoms with Crippen LogP contribution in [0.1, 0.15) is 19.6 Å². The third kappa shape index (κ3) is 5.67. The highest BCUT2D eigenvalue weighted by Gasteiger charge is 2.17. The summed E-state index contributed by atoms with van der Waals surface area (Å²) in [5.41, 5.74) is 4.81. The molecule has 4 aromatic rings. The number of ether oxygens (including phenoxy) is 1. The van der Waals surface area contributed by atoms with Crippen LogP contribution in [-0.2, 0) is 4.79 Å². The molecule has 0 radical (unpaired) electrons. The first-order chi connectivity index (χ1) is 16.5. The number of benzene rings is 2. The van der Waals surface area contributed by atoms with Crippen molar-refractivity contribution in [3.05, 3.63) is 77.7 Å². The quantitative estimate of drug-likeness (QED) is 0.194. The van der Waals surface area contributed by atoms with E-state index >= 15 is 0 Å². The van der Waals surface area contributed by atoms with Gasteiger partial charge in [0.2, 0.25) is 0 Å². The number of hydrazone groups is 1. The van der Waals surface area contributed by atoms with Gasteiger partial charge in [-0.15, -0.1) is 10.2 Å². The Morgan fingerprint density at radius 1 is 1.15 bits per heavy atom. The summed E-state index contributed by atoms with van der Waals surface area (Å²) in [6, 6.07) is 18.5.